The van der Waals surface area contributed by atoms with Gasteiger partial charge in [0.05, 0.1) is 24.9 Å². The third kappa shape index (κ3) is 0.689. The van der Waals surface area contributed by atoms with Crippen molar-refractivity contribution in [1.29, 1.82) is 0 Å². The van der Waals surface area contributed by atoms with Crippen molar-refractivity contribution in [3.63, 3.8) is 0 Å². The van der Waals surface area contributed by atoms with Crippen LogP contribution in [-0.2, 0) is 4.74 Å². The Morgan fingerprint density at radius 2 is 2.33 bits per heavy atom. The lowest BCUT2D eigenvalue weighted by Crippen LogP contribution is -2.23. The van der Waals surface area contributed by atoms with Crippen LogP contribution in [-0.4, -0.2) is 35.1 Å². The molecule has 2 rings (SSSR count). The molecule has 0 aromatic carbocycles. The van der Waals surface area contributed by atoms with Crippen molar-refractivity contribution in [1.82, 2.24) is 0 Å². The van der Waals surface area contributed by atoms with Gasteiger partial charge in [0.25, 0.3) is 0 Å². The third-order valence-electron chi connectivity index (χ3n) is 2.22. The Hall–Kier alpha value is -0.120. The van der Waals surface area contributed by atoms with E-state index < -0.39 is 0 Å². The second-order valence-corrected chi connectivity index (χ2v) is 2.79. The molecule has 0 amide bonds. The summed E-state index contributed by atoms with van der Waals surface area (Å²) in [5.74, 6) is -0.00463. The van der Waals surface area contributed by atoms with E-state index >= 15 is 0 Å². The summed E-state index contributed by atoms with van der Waals surface area (Å²) >= 11 is 0. The fraction of sp³-hybridized carbons (Fsp3) is 1.00. The van der Waals surface area contributed by atoms with Crippen LogP contribution in [0.3, 0.4) is 0 Å². The van der Waals surface area contributed by atoms with Crippen molar-refractivity contribution < 1.29 is 14.9 Å². The van der Waals surface area contributed by atoms with Gasteiger partial charge in [0.15, 0.2) is 0 Å². The van der Waals surface area contributed by atoms with E-state index in [1.165, 1.54) is 0 Å². The molecule has 2 aliphatic rings. The summed E-state index contributed by atoms with van der Waals surface area (Å²) in [6.45, 7) is 0.0579. The Labute approximate surface area is 53.3 Å². The molecular formula is C6H10O3. The van der Waals surface area contributed by atoms with E-state index in [4.69, 9.17) is 14.9 Å². The van der Waals surface area contributed by atoms with E-state index in [-0.39, 0.29) is 30.8 Å². The van der Waals surface area contributed by atoms with Gasteiger partial charge >= 0.3 is 0 Å². The maximum Gasteiger partial charge on any atom is 0.0917 e. The van der Waals surface area contributed by atoms with E-state index in [0.717, 1.165) is 6.42 Å². The van der Waals surface area contributed by atoms with E-state index in [1.54, 1.807) is 0 Å². The van der Waals surface area contributed by atoms with Crippen LogP contribution in [0, 0.1) is 5.92 Å². The molecule has 2 fully saturated rings. The van der Waals surface area contributed by atoms with E-state index in [1.807, 2.05) is 0 Å². The van der Waals surface area contributed by atoms with Gasteiger partial charge in [-0.2, -0.15) is 0 Å². The highest BCUT2D eigenvalue weighted by molar-refractivity contribution is 5.02. The summed E-state index contributed by atoms with van der Waals surface area (Å²) in [6.07, 6.45) is 0.830. The largest absolute Gasteiger partial charge is 0.396 e. The first-order valence-corrected chi connectivity index (χ1v) is 3.27. The van der Waals surface area contributed by atoms with Crippen LogP contribution in [0.2, 0.25) is 0 Å². The van der Waals surface area contributed by atoms with Crippen LogP contribution >= 0.6 is 0 Å². The molecule has 1 heterocycles. The zero-order valence-corrected chi connectivity index (χ0v) is 5.03. The van der Waals surface area contributed by atoms with Gasteiger partial charge in [-0.25, -0.2) is 0 Å². The van der Waals surface area contributed by atoms with Gasteiger partial charge in [0, 0.05) is 12.3 Å². The lowest BCUT2D eigenvalue weighted by atomic mass is 10.1. The van der Waals surface area contributed by atoms with E-state index in [9.17, 15) is 0 Å². The predicted octanol–water partition coefficient (Wildman–Crippen LogP) is -0.873. The summed E-state index contributed by atoms with van der Waals surface area (Å²) in [6, 6.07) is 0. The smallest absolute Gasteiger partial charge is 0.0917 e. The molecule has 0 spiro atoms. The molecule has 3 nitrogen and oxygen atoms in total. The number of ether oxygens (including phenoxy) is 1. The Bertz CT molecular complexity index is 123. The molecule has 0 radical (unpaired) electrons. The molecule has 3 heteroatoms. The molecule has 1 aliphatic heterocycles. The van der Waals surface area contributed by atoms with Gasteiger partial charge in [-0.3, -0.25) is 0 Å². The minimum absolute atomic E-state index is 0.00463. The van der Waals surface area contributed by atoms with Crippen LogP contribution in [0.1, 0.15) is 6.42 Å². The molecule has 52 valence electrons. The van der Waals surface area contributed by atoms with Gasteiger partial charge < -0.3 is 14.9 Å². The SMILES string of the molecule is OCC1C(O)CC2OC21. The molecule has 2 N–H and O–H groups in total. The number of hydrogen-bond acceptors (Lipinski definition) is 3. The van der Waals surface area contributed by atoms with Crippen molar-refractivity contribution in [3.8, 4) is 0 Å². The number of epoxide rings is 1. The van der Waals surface area contributed by atoms with Gasteiger partial charge in [0.1, 0.15) is 0 Å². The van der Waals surface area contributed by atoms with Crippen LogP contribution in [0.25, 0.3) is 0 Å². The molecule has 0 aromatic rings. The average molecular weight is 130 g/mol. The number of fused-ring (bicyclic) bond motifs is 1. The van der Waals surface area contributed by atoms with Crippen molar-refractivity contribution >= 4 is 0 Å². The summed E-state index contributed by atoms with van der Waals surface area (Å²) in [7, 11) is 0. The van der Waals surface area contributed by atoms with Gasteiger partial charge in [-0.15, -0.1) is 0 Å². The van der Waals surface area contributed by atoms with E-state index in [2.05, 4.69) is 0 Å². The van der Waals surface area contributed by atoms with Crippen LogP contribution in [0.15, 0.2) is 0 Å². The highest BCUT2D eigenvalue weighted by atomic mass is 16.6. The number of aliphatic hydroxyl groups is 2. The zero-order valence-electron chi connectivity index (χ0n) is 5.03. The summed E-state index contributed by atoms with van der Waals surface area (Å²) in [5, 5.41) is 17.8. The minimum atomic E-state index is -0.321. The lowest BCUT2D eigenvalue weighted by molar-refractivity contribution is 0.0423. The molecule has 1 aliphatic carbocycles. The first-order valence-electron chi connectivity index (χ1n) is 3.27. The maximum absolute atomic E-state index is 9.15. The molecule has 0 aromatic heterocycles. The first-order chi connectivity index (χ1) is 4.33. The van der Waals surface area contributed by atoms with Gasteiger partial charge in [-0.05, 0) is 0 Å². The fourth-order valence-electron chi connectivity index (χ4n) is 1.58. The fourth-order valence-corrected chi connectivity index (χ4v) is 1.58. The number of aliphatic hydroxyl groups excluding tert-OH is 2. The molecule has 4 atom stereocenters. The summed E-state index contributed by atoms with van der Waals surface area (Å²) < 4.78 is 5.11. The standard InChI is InChI=1S/C6H10O3/c7-2-3-4(8)1-5-6(3)9-5/h3-8H,1-2H2. The first kappa shape index (κ1) is 5.65. The molecule has 9 heavy (non-hydrogen) atoms. The molecule has 4 unspecified atom stereocenters. The third-order valence-corrected chi connectivity index (χ3v) is 2.22. The Morgan fingerprint density at radius 1 is 1.56 bits per heavy atom. The maximum atomic E-state index is 9.15. The Kier molecular flexibility index (Phi) is 1.06. The highest BCUT2D eigenvalue weighted by Crippen LogP contribution is 2.42. The highest BCUT2D eigenvalue weighted by Gasteiger charge is 2.54. The van der Waals surface area contributed by atoms with Crippen molar-refractivity contribution in [3.05, 3.63) is 0 Å². The normalized spacial score (nSPS) is 55.3. The molecule has 1 saturated carbocycles. The van der Waals surface area contributed by atoms with Crippen molar-refractivity contribution in [2.45, 2.75) is 24.7 Å². The molecular weight excluding hydrogens is 120 g/mol. The topological polar surface area (TPSA) is 53.0 Å². The van der Waals surface area contributed by atoms with Gasteiger partial charge in [0.2, 0.25) is 0 Å². The summed E-state index contributed by atoms with van der Waals surface area (Å²) in [4.78, 5) is 0. The van der Waals surface area contributed by atoms with Crippen molar-refractivity contribution in [2.75, 3.05) is 6.61 Å². The van der Waals surface area contributed by atoms with Gasteiger partial charge in [-0.1, -0.05) is 0 Å². The average Bonchev–Trinajstić information content (AvgIpc) is 2.45. The Morgan fingerprint density at radius 3 is 2.67 bits per heavy atom. The zero-order chi connectivity index (χ0) is 6.43. The second-order valence-electron chi connectivity index (χ2n) is 2.79. The van der Waals surface area contributed by atoms with E-state index in [0.29, 0.717) is 0 Å². The molecule has 0 bridgehead atoms. The number of hydrogen-bond donors (Lipinski definition) is 2. The van der Waals surface area contributed by atoms with Crippen molar-refractivity contribution in [2.24, 2.45) is 5.92 Å². The van der Waals surface area contributed by atoms with Crippen LogP contribution < -0.4 is 0 Å². The van der Waals surface area contributed by atoms with Crippen LogP contribution in [0.4, 0.5) is 0 Å². The molecule has 1 saturated heterocycles. The monoisotopic (exact) mass is 130 g/mol. The predicted molar refractivity (Wildman–Crippen MR) is 29.9 cm³/mol. The lowest BCUT2D eigenvalue weighted by Gasteiger charge is -2.12. The quantitative estimate of drug-likeness (QED) is 0.453. The second kappa shape index (κ2) is 1.68. The number of rotatable bonds is 1. The minimum Gasteiger partial charge on any atom is -0.396 e. The Balaban J connectivity index is 2.02. The summed E-state index contributed by atoms with van der Waals surface area (Å²) in [5.41, 5.74) is 0. The van der Waals surface area contributed by atoms with Crippen LogP contribution in [0.5, 0.6) is 0 Å².